The van der Waals surface area contributed by atoms with Crippen LogP contribution in [0.25, 0.3) is 0 Å². The highest BCUT2D eigenvalue weighted by Crippen LogP contribution is 2.78. The molecule has 2 unspecified atom stereocenters. The van der Waals surface area contributed by atoms with Crippen molar-refractivity contribution >= 4 is 33.5 Å². The Morgan fingerprint density at radius 3 is 2.20 bits per heavy atom. The van der Waals surface area contributed by atoms with E-state index < -0.39 is 9.20 Å². The number of esters is 1. The highest BCUT2D eigenvalue weighted by molar-refractivity contribution is 9.10. The van der Waals surface area contributed by atoms with Gasteiger partial charge in [0.25, 0.3) is 0 Å². The second-order valence-corrected chi connectivity index (χ2v) is 7.03. The van der Waals surface area contributed by atoms with Crippen LogP contribution in [0.5, 0.6) is 0 Å². The van der Waals surface area contributed by atoms with Gasteiger partial charge in [0.15, 0.2) is 0 Å². The van der Waals surface area contributed by atoms with Crippen LogP contribution in [0.4, 0.5) is 0 Å². The monoisotopic (exact) mass is 296 g/mol. The van der Waals surface area contributed by atoms with Gasteiger partial charge < -0.3 is 4.74 Å². The number of hydrogen-bond acceptors (Lipinski definition) is 2. The fourth-order valence-corrected chi connectivity index (χ4v) is 3.22. The summed E-state index contributed by atoms with van der Waals surface area (Å²) in [6, 6.07) is 0. The lowest BCUT2D eigenvalue weighted by Crippen LogP contribution is -2.23. The van der Waals surface area contributed by atoms with Crippen molar-refractivity contribution in [1.82, 2.24) is 0 Å². The molecule has 0 aromatic rings. The fraction of sp³-hybridized carbons (Fsp3) is 0.909. The molecule has 0 bridgehead atoms. The van der Waals surface area contributed by atoms with Gasteiger partial charge >= 0.3 is 5.97 Å². The molecule has 0 aromatic carbocycles. The predicted octanol–water partition coefficient (Wildman–Crippen LogP) is 3.71. The van der Waals surface area contributed by atoms with Gasteiger partial charge in [0.05, 0.1) is 6.61 Å². The Hall–Kier alpha value is 0.240. The molecular weight excluding hydrogens is 279 g/mol. The molecule has 0 heterocycles. The Morgan fingerprint density at radius 1 is 1.40 bits per heavy atom. The van der Waals surface area contributed by atoms with Crippen molar-refractivity contribution in [2.24, 2.45) is 10.8 Å². The van der Waals surface area contributed by atoms with Crippen LogP contribution in [0.2, 0.25) is 0 Å². The number of unbranched alkanes of at least 4 members (excludes halogenated alkanes) is 1. The van der Waals surface area contributed by atoms with Gasteiger partial charge in [0.2, 0.25) is 0 Å². The molecule has 0 N–H and O–H groups in total. The molecule has 2 atom stereocenters. The third-order valence-corrected chi connectivity index (χ3v) is 6.37. The molecular formula is C11H18BrClO2. The minimum atomic E-state index is -0.670. The maximum atomic E-state index is 11.9. The minimum absolute atomic E-state index is 0.201. The molecule has 0 saturated heterocycles. The zero-order chi connectivity index (χ0) is 11.9. The van der Waals surface area contributed by atoms with Gasteiger partial charge in [-0.25, -0.2) is 0 Å². The Morgan fingerprint density at radius 2 is 1.87 bits per heavy atom. The smallest absolute Gasteiger partial charge is 0.315 e. The Balaban J connectivity index is 2.62. The molecule has 88 valence electrons. The maximum Gasteiger partial charge on any atom is 0.315 e. The van der Waals surface area contributed by atoms with Crippen LogP contribution in [0, 0.1) is 10.8 Å². The first kappa shape index (κ1) is 13.3. The summed E-state index contributed by atoms with van der Waals surface area (Å²) in [5, 5.41) is 0. The molecule has 0 amide bonds. The summed E-state index contributed by atoms with van der Waals surface area (Å²) in [6.07, 6.45) is 1.92. The number of carbonyl (C=O) groups is 1. The summed E-state index contributed by atoms with van der Waals surface area (Å²) in [5.74, 6) is -0.201. The zero-order valence-corrected chi connectivity index (χ0v) is 12.0. The standard InChI is InChI=1S/C11H18BrClO2/c1-5-6-7-15-8(14)10(4)9(2,3)11(10,12)13/h5-7H2,1-4H3. The SMILES string of the molecule is CCCCOC(=O)C1(C)C(C)(C)C1(Cl)Br. The largest absolute Gasteiger partial charge is 0.465 e. The summed E-state index contributed by atoms with van der Waals surface area (Å²) in [5.41, 5.74) is -0.903. The van der Waals surface area contributed by atoms with E-state index >= 15 is 0 Å². The van der Waals surface area contributed by atoms with Crippen molar-refractivity contribution in [3.05, 3.63) is 0 Å². The van der Waals surface area contributed by atoms with Crippen molar-refractivity contribution in [1.29, 1.82) is 0 Å². The van der Waals surface area contributed by atoms with E-state index in [1.54, 1.807) is 0 Å². The van der Waals surface area contributed by atoms with Gasteiger partial charge in [-0.05, 0) is 13.3 Å². The Bertz CT molecular complexity index is 260. The van der Waals surface area contributed by atoms with E-state index in [2.05, 4.69) is 22.9 Å². The van der Waals surface area contributed by atoms with Crippen LogP contribution in [0.15, 0.2) is 0 Å². The molecule has 0 radical (unpaired) electrons. The molecule has 4 heteroatoms. The molecule has 1 aliphatic rings. The third kappa shape index (κ3) is 1.62. The molecule has 0 spiro atoms. The lowest BCUT2D eigenvalue weighted by molar-refractivity contribution is -0.151. The number of alkyl halides is 2. The fourth-order valence-electron chi connectivity index (χ4n) is 1.81. The number of halogens is 2. The number of hydrogen-bond donors (Lipinski definition) is 0. The van der Waals surface area contributed by atoms with E-state index in [4.69, 9.17) is 16.3 Å². The van der Waals surface area contributed by atoms with Crippen molar-refractivity contribution in [2.45, 2.75) is 44.3 Å². The first-order valence-corrected chi connectivity index (χ1v) is 6.45. The average Bonchev–Trinajstić information content (AvgIpc) is 2.45. The Kier molecular flexibility index (Phi) is 3.48. The van der Waals surface area contributed by atoms with Gasteiger partial charge in [0, 0.05) is 5.41 Å². The second kappa shape index (κ2) is 3.92. The number of ether oxygens (including phenoxy) is 1. The van der Waals surface area contributed by atoms with E-state index in [1.165, 1.54) is 0 Å². The molecule has 1 aliphatic carbocycles. The third-order valence-electron chi connectivity index (χ3n) is 3.74. The average molecular weight is 298 g/mol. The van der Waals surface area contributed by atoms with E-state index in [0.29, 0.717) is 6.61 Å². The lowest BCUT2D eigenvalue weighted by atomic mass is 9.99. The van der Waals surface area contributed by atoms with Crippen LogP contribution in [-0.4, -0.2) is 16.4 Å². The summed E-state index contributed by atoms with van der Waals surface area (Å²) in [7, 11) is 0. The van der Waals surface area contributed by atoms with Crippen LogP contribution in [0.1, 0.15) is 40.5 Å². The van der Waals surface area contributed by atoms with Gasteiger partial charge in [-0.3, -0.25) is 4.79 Å². The van der Waals surface area contributed by atoms with Crippen molar-refractivity contribution in [3.63, 3.8) is 0 Å². The first-order chi connectivity index (χ1) is 6.73. The predicted molar refractivity (Wildman–Crippen MR) is 65.3 cm³/mol. The van der Waals surface area contributed by atoms with Crippen molar-refractivity contribution in [2.75, 3.05) is 6.61 Å². The number of rotatable bonds is 4. The van der Waals surface area contributed by atoms with E-state index in [1.807, 2.05) is 20.8 Å². The topological polar surface area (TPSA) is 26.3 Å². The molecule has 0 aliphatic heterocycles. The Labute approximate surface area is 105 Å². The normalized spacial score (nSPS) is 37.5. The van der Waals surface area contributed by atoms with Crippen molar-refractivity contribution in [3.8, 4) is 0 Å². The van der Waals surface area contributed by atoms with Gasteiger partial charge in [-0.2, -0.15) is 0 Å². The maximum absolute atomic E-state index is 11.9. The van der Waals surface area contributed by atoms with Gasteiger partial charge in [-0.15, -0.1) is 11.6 Å². The lowest BCUT2D eigenvalue weighted by Gasteiger charge is -2.13. The van der Waals surface area contributed by atoms with Crippen LogP contribution in [0.3, 0.4) is 0 Å². The molecule has 0 aromatic heterocycles. The first-order valence-electron chi connectivity index (χ1n) is 5.28. The van der Waals surface area contributed by atoms with Crippen molar-refractivity contribution < 1.29 is 9.53 Å². The molecule has 1 rings (SSSR count). The number of carbonyl (C=O) groups excluding carboxylic acids is 1. The van der Waals surface area contributed by atoms with Crippen LogP contribution >= 0.6 is 27.5 Å². The molecule has 15 heavy (non-hydrogen) atoms. The summed E-state index contributed by atoms with van der Waals surface area (Å²) < 4.78 is 4.56. The van der Waals surface area contributed by atoms with Crippen LogP contribution < -0.4 is 0 Å². The quantitative estimate of drug-likeness (QED) is 0.449. The van der Waals surface area contributed by atoms with E-state index in [0.717, 1.165) is 12.8 Å². The van der Waals surface area contributed by atoms with E-state index in [9.17, 15) is 4.79 Å². The molecule has 1 fully saturated rings. The molecule has 1 saturated carbocycles. The highest BCUT2D eigenvalue weighted by Gasteiger charge is 2.83. The van der Waals surface area contributed by atoms with Gasteiger partial charge in [-0.1, -0.05) is 43.1 Å². The summed E-state index contributed by atoms with van der Waals surface area (Å²) in [6.45, 7) is 8.34. The zero-order valence-electron chi connectivity index (χ0n) is 9.69. The second-order valence-electron chi connectivity index (χ2n) is 4.81. The minimum Gasteiger partial charge on any atom is -0.465 e. The summed E-state index contributed by atoms with van der Waals surface area (Å²) in [4.78, 5) is 11.9. The highest BCUT2D eigenvalue weighted by atomic mass is 79.9. The van der Waals surface area contributed by atoms with E-state index in [-0.39, 0.29) is 11.4 Å². The molecule has 2 nitrogen and oxygen atoms in total. The van der Waals surface area contributed by atoms with Crippen LogP contribution in [-0.2, 0) is 9.53 Å². The van der Waals surface area contributed by atoms with Gasteiger partial charge in [0.1, 0.15) is 9.20 Å². The summed E-state index contributed by atoms with van der Waals surface area (Å²) >= 11 is 9.67.